The fourth-order valence-electron chi connectivity index (χ4n) is 2.38. The molecule has 1 heterocycles. The molecule has 1 aliphatic heterocycles. The SMILES string of the molecule is CCN(CCCNC1CCN(C)C1)C(=O)OC(C)(C)C. The standard InChI is InChI=1S/C15H31N3O2/c1-6-18(14(19)20-15(2,3)4)10-7-9-16-13-8-11-17(5)12-13/h13,16H,6-12H2,1-5H3. The molecule has 5 heteroatoms. The van der Waals surface area contributed by atoms with Gasteiger partial charge < -0.3 is 19.9 Å². The number of nitrogens with one attached hydrogen (secondary N) is 1. The van der Waals surface area contributed by atoms with Crippen LogP contribution in [0.4, 0.5) is 4.79 Å². The summed E-state index contributed by atoms with van der Waals surface area (Å²) in [7, 11) is 2.16. The molecule has 0 aromatic rings. The molecule has 0 aromatic carbocycles. The molecule has 1 amide bonds. The monoisotopic (exact) mass is 285 g/mol. The number of ether oxygens (including phenoxy) is 1. The van der Waals surface area contributed by atoms with Gasteiger partial charge in [0.15, 0.2) is 0 Å². The summed E-state index contributed by atoms with van der Waals surface area (Å²) in [4.78, 5) is 16.1. The van der Waals surface area contributed by atoms with Gasteiger partial charge in [0.2, 0.25) is 0 Å². The maximum atomic E-state index is 12.0. The molecule has 1 unspecified atom stereocenters. The average Bonchev–Trinajstić information content (AvgIpc) is 2.72. The number of rotatable bonds is 6. The molecule has 1 atom stereocenters. The Hall–Kier alpha value is -0.810. The molecule has 0 aliphatic carbocycles. The van der Waals surface area contributed by atoms with E-state index < -0.39 is 5.60 Å². The van der Waals surface area contributed by atoms with Crippen molar-refractivity contribution in [3.05, 3.63) is 0 Å². The molecule has 0 spiro atoms. The Morgan fingerprint density at radius 3 is 2.65 bits per heavy atom. The first-order valence-corrected chi connectivity index (χ1v) is 7.71. The first-order chi connectivity index (χ1) is 9.31. The van der Waals surface area contributed by atoms with Gasteiger partial charge in [-0.3, -0.25) is 0 Å². The third-order valence-corrected chi connectivity index (χ3v) is 3.46. The number of likely N-dealkylation sites (N-methyl/N-ethyl adjacent to an activating group) is 1. The zero-order valence-corrected chi connectivity index (χ0v) is 13.7. The number of nitrogens with zero attached hydrogens (tertiary/aromatic N) is 2. The van der Waals surface area contributed by atoms with E-state index in [1.165, 1.54) is 13.0 Å². The van der Waals surface area contributed by atoms with E-state index >= 15 is 0 Å². The van der Waals surface area contributed by atoms with E-state index in [1.807, 2.05) is 27.7 Å². The number of hydrogen-bond acceptors (Lipinski definition) is 4. The summed E-state index contributed by atoms with van der Waals surface area (Å²) >= 11 is 0. The van der Waals surface area contributed by atoms with Crippen LogP contribution in [0.25, 0.3) is 0 Å². The van der Waals surface area contributed by atoms with Gasteiger partial charge in [-0.25, -0.2) is 4.79 Å². The fraction of sp³-hybridized carbons (Fsp3) is 0.933. The Balaban J connectivity index is 2.19. The minimum Gasteiger partial charge on any atom is -0.444 e. The maximum absolute atomic E-state index is 12.0. The predicted octanol–water partition coefficient (Wildman–Crippen LogP) is 1.93. The van der Waals surface area contributed by atoms with Crippen LogP contribution in [-0.4, -0.2) is 67.3 Å². The highest BCUT2D eigenvalue weighted by Gasteiger charge is 2.21. The van der Waals surface area contributed by atoms with Crippen LogP contribution in [0.2, 0.25) is 0 Å². The molecule has 20 heavy (non-hydrogen) atoms. The molecular weight excluding hydrogens is 254 g/mol. The largest absolute Gasteiger partial charge is 0.444 e. The molecule has 0 radical (unpaired) electrons. The van der Waals surface area contributed by atoms with Crippen molar-refractivity contribution in [2.24, 2.45) is 0 Å². The van der Waals surface area contributed by atoms with E-state index in [0.717, 1.165) is 26.1 Å². The number of carbonyl (C=O) groups excluding carboxylic acids is 1. The van der Waals surface area contributed by atoms with Crippen LogP contribution in [0.5, 0.6) is 0 Å². The van der Waals surface area contributed by atoms with Crippen molar-refractivity contribution in [2.45, 2.75) is 52.2 Å². The van der Waals surface area contributed by atoms with Crippen molar-refractivity contribution < 1.29 is 9.53 Å². The molecule has 1 rings (SSSR count). The van der Waals surface area contributed by atoms with E-state index in [2.05, 4.69) is 17.3 Å². The second-order valence-corrected chi connectivity index (χ2v) is 6.62. The van der Waals surface area contributed by atoms with E-state index in [1.54, 1.807) is 4.90 Å². The van der Waals surface area contributed by atoms with E-state index in [-0.39, 0.29) is 6.09 Å². The van der Waals surface area contributed by atoms with Crippen LogP contribution >= 0.6 is 0 Å². The first-order valence-electron chi connectivity index (χ1n) is 7.71. The molecule has 1 aliphatic rings. The molecule has 5 nitrogen and oxygen atoms in total. The minimum absolute atomic E-state index is 0.208. The molecule has 1 N–H and O–H groups in total. The summed E-state index contributed by atoms with van der Waals surface area (Å²) in [6.45, 7) is 12.4. The molecule has 0 bridgehead atoms. The summed E-state index contributed by atoms with van der Waals surface area (Å²) in [6, 6.07) is 0.608. The lowest BCUT2D eigenvalue weighted by molar-refractivity contribution is 0.0258. The quantitative estimate of drug-likeness (QED) is 0.757. The van der Waals surface area contributed by atoms with Crippen molar-refractivity contribution in [1.82, 2.24) is 15.1 Å². The normalized spacial score (nSPS) is 20.1. The van der Waals surface area contributed by atoms with Gasteiger partial charge in [0.25, 0.3) is 0 Å². The number of amides is 1. The zero-order valence-electron chi connectivity index (χ0n) is 13.7. The lowest BCUT2D eigenvalue weighted by Gasteiger charge is -2.26. The highest BCUT2D eigenvalue weighted by molar-refractivity contribution is 5.68. The van der Waals surface area contributed by atoms with Crippen LogP contribution in [0.1, 0.15) is 40.5 Å². The van der Waals surface area contributed by atoms with Gasteiger partial charge in [-0.2, -0.15) is 0 Å². The zero-order chi connectivity index (χ0) is 15.2. The summed E-state index contributed by atoms with van der Waals surface area (Å²) in [5, 5.41) is 3.56. The molecule has 1 saturated heterocycles. The van der Waals surface area contributed by atoms with Gasteiger partial charge in [-0.05, 0) is 60.7 Å². The van der Waals surface area contributed by atoms with Crippen LogP contribution in [0.15, 0.2) is 0 Å². The predicted molar refractivity (Wildman–Crippen MR) is 82.0 cm³/mol. The summed E-state index contributed by atoms with van der Waals surface area (Å²) in [5.41, 5.74) is -0.419. The second kappa shape index (κ2) is 7.84. The average molecular weight is 285 g/mol. The van der Waals surface area contributed by atoms with Gasteiger partial charge in [-0.15, -0.1) is 0 Å². The van der Waals surface area contributed by atoms with Crippen molar-refractivity contribution in [3.8, 4) is 0 Å². The smallest absolute Gasteiger partial charge is 0.410 e. The highest BCUT2D eigenvalue weighted by atomic mass is 16.6. The topological polar surface area (TPSA) is 44.8 Å². The van der Waals surface area contributed by atoms with Crippen molar-refractivity contribution in [2.75, 3.05) is 39.8 Å². The van der Waals surface area contributed by atoms with E-state index in [0.29, 0.717) is 12.6 Å². The Morgan fingerprint density at radius 1 is 1.45 bits per heavy atom. The molecule has 1 fully saturated rings. The van der Waals surface area contributed by atoms with E-state index in [4.69, 9.17) is 4.74 Å². The van der Waals surface area contributed by atoms with E-state index in [9.17, 15) is 4.79 Å². The Labute approximate surface area is 123 Å². The lowest BCUT2D eigenvalue weighted by Crippen LogP contribution is -2.39. The maximum Gasteiger partial charge on any atom is 0.410 e. The Kier molecular flexibility index (Phi) is 6.76. The summed E-state index contributed by atoms with van der Waals surface area (Å²) < 4.78 is 5.40. The van der Waals surface area contributed by atoms with Gasteiger partial charge in [0.05, 0.1) is 0 Å². The second-order valence-electron chi connectivity index (χ2n) is 6.62. The molecular formula is C15H31N3O2. The minimum atomic E-state index is -0.419. The van der Waals surface area contributed by atoms with Crippen LogP contribution in [0, 0.1) is 0 Å². The fourth-order valence-corrected chi connectivity index (χ4v) is 2.38. The van der Waals surface area contributed by atoms with Gasteiger partial charge in [0.1, 0.15) is 5.60 Å². The van der Waals surface area contributed by atoms with Crippen molar-refractivity contribution in [1.29, 1.82) is 0 Å². The molecule has 0 aromatic heterocycles. The summed E-state index contributed by atoms with van der Waals surface area (Å²) in [6.07, 6.45) is 1.98. The van der Waals surface area contributed by atoms with Crippen LogP contribution < -0.4 is 5.32 Å². The first kappa shape index (κ1) is 17.2. The Bertz CT molecular complexity index is 302. The highest BCUT2D eigenvalue weighted by Crippen LogP contribution is 2.10. The third kappa shape index (κ3) is 6.57. The molecule has 0 saturated carbocycles. The number of likely N-dealkylation sites (tertiary alicyclic amines) is 1. The summed E-state index contributed by atoms with van der Waals surface area (Å²) in [5.74, 6) is 0. The number of hydrogen-bond donors (Lipinski definition) is 1. The lowest BCUT2D eigenvalue weighted by atomic mass is 10.2. The van der Waals surface area contributed by atoms with Gasteiger partial charge in [-0.1, -0.05) is 0 Å². The van der Waals surface area contributed by atoms with Crippen molar-refractivity contribution >= 4 is 6.09 Å². The van der Waals surface area contributed by atoms with Crippen LogP contribution in [-0.2, 0) is 4.74 Å². The van der Waals surface area contributed by atoms with Crippen molar-refractivity contribution in [3.63, 3.8) is 0 Å². The third-order valence-electron chi connectivity index (χ3n) is 3.46. The van der Waals surface area contributed by atoms with Gasteiger partial charge in [0, 0.05) is 25.7 Å². The molecule has 118 valence electrons. The van der Waals surface area contributed by atoms with Gasteiger partial charge >= 0.3 is 6.09 Å². The number of carbonyl (C=O) groups is 1. The van der Waals surface area contributed by atoms with Crippen LogP contribution in [0.3, 0.4) is 0 Å². The Morgan fingerprint density at radius 2 is 2.15 bits per heavy atom.